The van der Waals surface area contributed by atoms with Crippen LogP contribution in [0.15, 0.2) is 11.5 Å². The van der Waals surface area contributed by atoms with E-state index in [0.717, 1.165) is 54.3 Å². The fraction of sp³-hybridized carbons (Fsp3) is 0.939. The van der Waals surface area contributed by atoms with E-state index in [1.165, 1.54) is 64.2 Å². The topological polar surface area (TPSA) is 26.3 Å². The van der Waals surface area contributed by atoms with Gasteiger partial charge >= 0.3 is 0 Å². The molecule has 10 atom stereocenters. The SMILES string of the molecule is CC(C)CCC[C@@H](C)[C@H]1CC[C@H]2[C@@H]3CCC4C[C@@H](O[S@](=O)/C=C/C(C)(C)C)CC[C@]4(C)[C@H]3CC[C@]12C. The summed E-state index contributed by atoms with van der Waals surface area (Å²) in [6, 6.07) is 0. The third kappa shape index (κ3) is 6.03. The van der Waals surface area contributed by atoms with Gasteiger partial charge in [0.15, 0.2) is 11.1 Å². The molecule has 0 bridgehead atoms. The highest BCUT2D eigenvalue weighted by atomic mass is 32.2. The lowest BCUT2D eigenvalue weighted by Crippen LogP contribution is -2.54. The van der Waals surface area contributed by atoms with Gasteiger partial charge in [-0.3, -0.25) is 4.18 Å². The van der Waals surface area contributed by atoms with Crippen LogP contribution in [0.5, 0.6) is 0 Å². The molecule has 0 amide bonds. The Morgan fingerprint density at radius 2 is 1.61 bits per heavy atom. The molecule has 0 radical (unpaired) electrons. The Morgan fingerprint density at radius 3 is 2.31 bits per heavy atom. The summed E-state index contributed by atoms with van der Waals surface area (Å²) < 4.78 is 18.6. The molecule has 4 aliphatic carbocycles. The number of rotatable bonds is 8. The summed E-state index contributed by atoms with van der Waals surface area (Å²) in [5, 5.41) is 1.77. The molecule has 0 spiro atoms. The quantitative estimate of drug-likeness (QED) is 0.319. The van der Waals surface area contributed by atoms with E-state index < -0.39 is 11.1 Å². The zero-order valence-corrected chi connectivity index (χ0v) is 25.8. The Kier molecular flexibility index (Phi) is 8.93. The summed E-state index contributed by atoms with van der Waals surface area (Å²) in [4.78, 5) is 0. The molecule has 36 heavy (non-hydrogen) atoms. The number of hydrogen-bond acceptors (Lipinski definition) is 2. The van der Waals surface area contributed by atoms with E-state index >= 15 is 0 Å². The molecule has 1 unspecified atom stereocenters. The van der Waals surface area contributed by atoms with E-state index in [1.807, 2.05) is 6.08 Å². The number of fused-ring (bicyclic) bond motifs is 5. The fourth-order valence-corrected chi connectivity index (χ4v) is 10.8. The minimum Gasteiger partial charge on any atom is -0.284 e. The smallest absolute Gasteiger partial charge is 0.181 e. The van der Waals surface area contributed by atoms with Crippen LogP contribution in [0, 0.1) is 57.7 Å². The maximum atomic E-state index is 12.6. The van der Waals surface area contributed by atoms with Crippen molar-refractivity contribution in [3.63, 3.8) is 0 Å². The maximum absolute atomic E-state index is 12.6. The van der Waals surface area contributed by atoms with Gasteiger partial charge in [0.1, 0.15) is 0 Å². The highest BCUT2D eigenvalue weighted by Gasteiger charge is 2.60. The van der Waals surface area contributed by atoms with Crippen molar-refractivity contribution < 1.29 is 8.39 Å². The molecule has 4 rings (SSSR count). The van der Waals surface area contributed by atoms with Gasteiger partial charge in [-0.1, -0.05) is 80.7 Å². The summed E-state index contributed by atoms with van der Waals surface area (Å²) in [6.07, 6.45) is 18.6. The Balaban J connectivity index is 1.37. The van der Waals surface area contributed by atoms with E-state index in [-0.39, 0.29) is 11.5 Å². The summed E-state index contributed by atoms with van der Waals surface area (Å²) in [5.41, 5.74) is 1.09. The molecular formula is C33H58O2S. The molecule has 0 aromatic heterocycles. The minimum atomic E-state index is -1.30. The van der Waals surface area contributed by atoms with Crippen LogP contribution in [0.4, 0.5) is 0 Å². The summed E-state index contributed by atoms with van der Waals surface area (Å²) >= 11 is -1.30. The van der Waals surface area contributed by atoms with Crippen LogP contribution in [-0.2, 0) is 15.3 Å². The normalized spacial score (nSPS) is 42.7. The highest BCUT2D eigenvalue weighted by molar-refractivity contribution is 7.83. The third-order valence-corrected chi connectivity index (χ3v) is 12.5. The molecule has 0 N–H and O–H groups in total. The fourth-order valence-electron chi connectivity index (χ4n) is 9.76. The van der Waals surface area contributed by atoms with Crippen molar-refractivity contribution in [2.45, 2.75) is 139 Å². The lowest BCUT2D eigenvalue weighted by molar-refractivity contribution is -0.126. The third-order valence-electron chi connectivity index (χ3n) is 11.7. The summed E-state index contributed by atoms with van der Waals surface area (Å²) in [7, 11) is 0. The van der Waals surface area contributed by atoms with Crippen LogP contribution in [0.2, 0.25) is 0 Å². The largest absolute Gasteiger partial charge is 0.284 e. The van der Waals surface area contributed by atoms with Gasteiger partial charge < -0.3 is 0 Å². The van der Waals surface area contributed by atoms with E-state index in [1.54, 1.807) is 5.41 Å². The predicted octanol–water partition coefficient (Wildman–Crippen LogP) is 9.72. The zero-order chi connectivity index (χ0) is 26.3. The van der Waals surface area contributed by atoms with E-state index in [0.29, 0.717) is 10.8 Å². The van der Waals surface area contributed by atoms with Crippen molar-refractivity contribution >= 4 is 11.1 Å². The molecule has 208 valence electrons. The van der Waals surface area contributed by atoms with Gasteiger partial charge in [0.25, 0.3) is 0 Å². The summed E-state index contributed by atoms with van der Waals surface area (Å²) in [5.74, 6) is 6.23. The predicted molar refractivity (Wildman–Crippen MR) is 155 cm³/mol. The van der Waals surface area contributed by atoms with Crippen LogP contribution in [0.1, 0.15) is 132 Å². The lowest BCUT2D eigenvalue weighted by atomic mass is 9.44. The van der Waals surface area contributed by atoms with E-state index in [2.05, 4.69) is 55.4 Å². The standard InChI is InChI=1S/C33H58O2S/c1-23(2)10-9-11-24(3)28-14-15-29-27-13-12-25-22-26(35-36(34)21-20-31(4,5)6)16-18-32(25,7)30(27)17-19-33(28,29)8/h20-21,23-30H,9-19,22H2,1-8H3/b21-20+/t24-,25?,26+,27+,28-,29+,30+,32+,33-,36+/m1/s1. The molecule has 0 aliphatic heterocycles. The minimum absolute atomic E-state index is 0.0448. The first-order chi connectivity index (χ1) is 16.8. The van der Waals surface area contributed by atoms with Crippen LogP contribution < -0.4 is 0 Å². The molecule has 0 heterocycles. The second-order valence-corrected chi connectivity index (χ2v) is 16.6. The Morgan fingerprint density at radius 1 is 0.917 bits per heavy atom. The van der Waals surface area contributed by atoms with Crippen molar-refractivity contribution in [2.24, 2.45) is 57.7 Å². The van der Waals surface area contributed by atoms with Gasteiger partial charge in [-0.15, -0.1) is 0 Å². The van der Waals surface area contributed by atoms with Gasteiger partial charge in [0.05, 0.1) is 6.10 Å². The Bertz CT molecular complexity index is 796. The number of hydrogen-bond donors (Lipinski definition) is 0. The van der Waals surface area contributed by atoms with Gasteiger partial charge in [0.2, 0.25) is 0 Å². The molecule has 4 saturated carbocycles. The van der Waals surface area contributed by atoms with Gasteiger partial charge in [-0.2, -0.15) is 0 Å². The van der Waals surface area contributed by atoms with Crippen molar-refractivity contribution in [1.29, 1.82) is 0 Å². The first-order valence-electron chi connectivity index (χ1n) is 15.6. The highest BCUT2D eigenvalue weighted by Crippen LogP contribution is 2.68. The summed E-state index contributed by atoms with van der Waals surface area (Å²) in [6.45, 7) is 19.1. The molecule has 0 aromatic carbocycles. The van der Waals surface area contributed by atoms with Crippen molar-refractivity contribution in [3.8, 4) is 0 Å². The second-order valence-electron chi connectivity index (χ2n) is 15.6. The zero-order valence-electron chi connectivity index (χ0n) is 25.0. The molecule has 0 aromatic rings. The van der Waals surface area contributed by atoms with Crippen LogP contribution in [0.3, 0.4) is 0 Å². The second kappa shape index (κ2) is 11.1. The average molecular weight is 519 g/mol. The first kappa shape index (κ1) is 28.8. The Labute approximate surface area is 226 Å². The van der Waals surface area contributed by atoms with Crippen LogP contribution in [-0.4, -0.2) is 10.3 Å². The monoisotopic (exact) mass is 518 g/mol. The van der Waals surface area contributed by atoms with E-state index in [9.17, 15) is 4.21 Å². The molecule has 2 nitrogen and oxygen atoms in total. The maximum Gasteiger partial charge on any atom is 0.181 e. The molecule has 3 heteroatoms. The molecular weight excluding hydrogens is 460 g/mol. The van der Waals surface area contributed by atoms with Gasteiger partial charge in [-0.05, 0) is 115 Å². The lowest BCUT2D eigenvalue weighted by Gasteiger charge is -2.61. The van der Waals surface area contributed by atoms with Crippen molar-refractivity contribution in [1.82, 2.24) is 0 Å². The molecule has 0 saturated heterocycles. The Hall–Kier alpha value is -0.150. The molecule has 4 aliphatic rings. The first-order valence-corrected chi connectivity index (χ1v) is 16.7. The average Bonchev–Trinajstić information content (AvgIpc) is 3.14. The van der Waals surface area contributed by atoms with Crippen LogP contribution >= 0.6 is 0 Å². The number of allylic oxidation sites excluding steroid dienone is 1. The van der Waals surface area contributed by atoms with Gasteiger partial charge in [0, 0.05) is 5.41 Å². The van der Waals surface area contributed by atoms with Crippen LogP contribution in [0.25, 0.3) is 0 Å². The van der Waals surface area contributed by atoms with Crippen molar-refractivity contribution in [3.05, 3.63) is 11.5 Å². The van der Waals surface area contributed by atoms with E-state index in [4.69, 9.17) is 4.18 Å². The molecule has 4 fully saturated rings. The van der Waals surface area contributed by atoms with Crippen molar-refractivity contribution in [2.75, 3.05) is 0 Å². The van der Waals surface area contributed by atoms with Gasteiger partial charge in [-0.25, -0.2) is 4.21 Å².